The van der Waals surface area contributed by atoms with E-state index < -0.39 is 11.9 Å². The molecule has 0 radical (unpaired) electrons. The number of nitrogens with zero attached hydrogens (tertiary/aromatic N) is 1. The Morgan fingerprint density at radius 3 is 2.88 bits per heavy atom. The number of nitrogens with one attached hydrogen (secondary N) is 1. The average molecular weight is 222 g/mol. The van der Waals surface area contributed by atoms with Gasteiger partial charge in [-0.1, -0.05) is 0 Å². The standard InChI is InChI=1S/C12H15FN2O/c1-12-3-8(4-12)10(15-12)11(16)7-2-9(13)6-14-5-7/h2,5-6,8,10-11,15-16H,3-4H2,1H3/t8?,10?,11-,12?/m0/s1. The van der Waals surface area contributed by atoms with Crippen LogP contribution in [-0.2, 0) is 0 Å². The lowest BCUT2D eigenvalue weighted by molar-refractivity contribution is 0.120. The Kier molecular flexibility index (Phi) is 2.06. The summed E-state index contributed by atoms with van der Waals surface area (Å²) in [7, 11) is 0. The number of halogens is 1. The molecule has 3 heterocycles. The van der Waals surface area contributed by atoms with Gasteiger partial charge >= 0.3 is 0 Å². The number of hydrogen-bond acceptors (Lipinski definition) is 3. The molecular weight excluding hydrogens is 207 g/mol. The van der Waals surface area contributed by atoms with Gasteiger partial charge in [-0.05, 0) is 31.7 Å². The highest BCUT2D eigenvalue weighted by Gasteiger charge is 2.54. The summed E-state index contributed by atoms with van der Waals surface area (Å²) in [4.78, 5) is 3.77. The van der Waals surface area contributed by atoms with Crippen LogP contribution >= 0.6 is 0 Å². The molecule has 16 heavy (non-hydrogen) atoms. The molecule has 0 aromatic carbocycles. The Labute approximate surface area is 93.7 Å². The molecule has 3 nitrogen and oxygen atoms in total. The zero-order valence-corrected chi connectivity index (χ0v) is 9.15. The van der Waals surface area contributed by atoms with Gasteiger partial charge in [0.1, 0.15) is 5.82 Å². The van der Waals surface area contributed by atoms with Crippen LogP contribution < -0.4 is 5.32 Å². The second-order valence-electron chi connectivity index (χ2n) is 5.28. The summed E-state index contributed by atoms with van der Waals surface area (Å²) in [5, 5.41) is 13.6. The Hall–Kier alpha value is -1.00. The molecule has 4 heteroatoms. The van der Waals surface area contributed by atoms with Crippen molar-refractivity contribution in [3.8, 4) is 0 Å². The van der Waals surface area contributed by atoms with Crippen molar-refractivity contribution in [2.75, 3.05) is 0 Å². The first kappa shape index (κ1) is 10.2. The van der Waals surface area contributed by atoms with Crippen molar-refractivity contribution in [3.05, 3.63) is 29.8 Å². The van der Waals surface area contributed by atoms with E-state index in [-0.39, 0.29) is 11.6 Å². The highest BCUT2D eigenvalue weighted by Crippen LogP contribution is 2.49. The Balaban J connectivity index is 1.81. The quantitative estimate of drug-likeness (QED) is 0.795. The molecule has 0 spiro atoms. The third-order valence-electron chi connectivity index (χ3n) is 3.86. The monoisotopic (exact) mass is 222 g/mol. The minimum absolute atomic E-state index is 0.0496. The molecule has 4 rings (SSSR count). The molecule has 1 saturated carbocycles. The molecule has 1 aliphatic carbocycles. The number of aliphatic hydroxyl groups excluding tert-OH is 1. The van der Waals surface area contributed by atoms with Crippen LogP contribution in [0, 0.1) is 11.7 Å². The van der Waals surface area contributed by atoms with Crippen LogP contribution in [0.15, 0.2) is 18.5 Å². The van der Waals surface area contributed by atoms with Gasteiger partial charge in [0, 0.05) is 23.3 Å². The van der Waals surface area contributed by atoms with Crippen LogP contribution in [0.3, 0.4) is 0 Å². The average Bonchev–Trinajstić information content (AvgIpc) is 2.70. The van der Waals surface area contributed by atoms with Crippen LogP contribution in [0.4, 0.5) is 4.39 Å². The SMILES string of the molecule is CC12CC(C1)C([C@@H](O)c1cncc(F)c1)N2. The molecule has 2 aliphatic heterocycles. The molecule has 3 aliphatic rings. The van der Waals surface area contributed by atoms with Crippen LogP contribution in [0.1, 0.15) is 31.4 Å². The second kappa shape index (κ2) is 3.25. The molecule has 1 aromatic rings. The maximum atomic E-state index is 13.0. The van der Waals surface area contributed by atoms with Gasteiger partial charge in [-0.25, -0.2) is 4.39 Å². The summed E-state index contributed by atoms with van der Waals surface area (Å²) in [6, 6.07) is 1.41. The predicted molar refractivity (Wildman–Crippen MR) is 57.2 cm³/mol. The van der Waals surface area contributed by atoms with Gasteiger partial charge in [-0.3, -0.25) is 4.98 Å². The number of hydrogen-bond donors (Lipinski definition) is 2. The van der Waals surface area contributed by atoms with E-state index in [2.05, 4.69) is 17.2 Å². The molecule has 0 amide bonds. The number of aromatic nitrogens is 1. The Morgan fingerprint density at radius 1 is 1.56 bits per heavy atom. The van der Waals surface area contributed by atoms with Crippen molar-refractivity contribution in [2.45, 2.75) is 37.5 Å². The zero-order valence-electron chi connectivity index (χ0n) is 9.15. The molecule has 2 N–H and O–H groups in total. The van der Waals surface area contributed by atoms with Crippen LogP contribution in [-0.4, -0.2) is 21.7 Å². The lowest BCUT2D eigenvalue weighted by Crippen LogP contribution is -2.40. The van der Waals surface area contributed by atoms with Gasteiger partial charge in [0.2, 0.25) is 0 Å². The Bertz CT molecular complexity index is 417. The summed E-state index contributed by atoms with van der Waals surface area (Å²) in [6.07, 6.45) is 4.25. The molecule has 86 valence electrons. The molecule has 1 unspecified atom stereocenters. The van der Waals surface area contributed by atoms with Gasteiger partial charge in [0.05, 0.1) is 12.3 Å². The first-order valence-electron chi connectivity index (χ1n) is 5.64. The number of fused-ring (bicyclic) bond motifs is 1. The fourth-order valence-electron chi connectivity index (χ4n) is 3.12. The normalized spacial score (nSPS) is 38.2. The lowest BCUT2D eigenvalue weighted by Gasteiger charge is -2.33. The summed E-state index contributed by atoms with van der Waals surface area (Å²) in [5.41, 5.74) is 0.755. The lowest BCUT2D eigenvalue weighted by atomic mass is 9.72. The van der Waals surface area contributed by atoms with E-state index in [1.54, 1.807) is 0 Å². The first-order valence-corrected chi connectivity index (χ1v) is 5.64. The van der Waals surface area contributed by atoms with Crippen molar-refractivity contribution >= 4 is 0 Å². The van der Waals surface area contributed by atoms with Crippen molar-refractivity contribution in [1.82, 2.24) is 10.3 Å². The topological polar surface area (TPSA) is 45.2 Å². The minimum atomic E-state index is -0.655. The van der Waals surface area contributed by atoms with E-state index >= 15 is 0 Å². The van der Waals surface area contributed by atoms with Gasteiger partial charge in [0.25, 0.3) is 0 Å². The zero-order chi connectivity index (χ0) is 11.3. The number of pyridine rings is 1. The van der Waals surface area contributed by atoms with Gasteiger partial charge in [0.15, 0.2) is 0 Å². The van der Waals surface area contributed by atoms with Crippen LogP contribution in [0.25, 0.3) is 0 Å². The molecule has 2 bridgehead atoms. The third-order valence-corrected chi connectivity index (χ3v) is 3.86. The highest BCUT2D eigenvalue weighted by molar-refractivity contribution is 5.21. The molecule has 2 saturated heterocycles. The van der Waals surface area contributed by atoms with Crippen molar-refractivity contribution < 1.29 is 9.50 Å². The van der Waals surface area contributed by atoms with Crippen LogP contribution in [0.5, 0.6) is 0 Å². The van der Waals surface area contributed by atoms with E-state index in [1.807, 2.05) is 0 Å². The van der Waals surface area contributed by atoms with E-state index in [0.717, 1.165) is 19.0 Å². The van der Waals surface area contributed by atoms with Gasteiger partial charge < -0.3 is 10.4 Å². The summed E-state index contributed by atoms with van der Waals surface area (Å²) >= 11 is 0. The molecule has 1 aromatic heterocycles. The molecule has 2 atom stereocenters. The van der Waals surface area contributed by atoms with Gasteiger partial charge in [-0.2, -0.15) is 0 Å². The van der Waals surface area contributed by atoms with Crippen molar-refractivity contribution in [1.29, 1.82) is 0 Å². The maximum absolute atomic E-state index is 13.0. The van der Waals surface area contributed by atoms with Gasteiger partial charge in [-0.15, -0.1) is 0 Å². The van der Waals surface area contributed by atoms with Crippen molar-refractivity contribution in [2.24, 2.45) is 5.92 Å². The highest BCUT2D eigenvalue weighted by atomic mass is 19.1. The minimum Gasteiger partial charge on any atom is -0.387 e. The maximum Gasteiger partial charge on any atom is 0.141 e. The van der Waals surface area contributed by atoms with Crippen molar-refractivity contribution in [3.63, 3.8) is 0 Å². The smallest absolute Gasteiger partial charge is 0.141 e. The van der Waals surface area contributed by atoms with E-state index in [9.17, 15) is 9.50 Å². The largest absolute Gasteiger partial charge is 0.387 e. The van der Waals surface area contributed by atoms with E-state index in [4.69, 9.17) is 0 Å². The summed E-state index contributed by atoms with van der Waals surface area (Å²) in [6.45, 7) is 2.17. The third kappa shape index (κ3) is 1.44. The summed E-state index contributed by atoms with van der Waals surface area (Å²) in [5.74, 6) is 0.122. The molecule has 3 fully saturated rings. The van der Waals surface area contributed by atoms with Crippen LogP contribution in [0.2, 0.25) is 0 Å². The summed E-state index contributed by atoms with van der Waals surface area (Å²) < 4.78 is 13.0. The number of rotatable bonds is 2. The Morgan fingerprint density at radius 2 is 2.31 bits per heavy atom. The number of aliphatic hydroxyl groups is 1. The first-order chi connectivity index (χ1) is 7.57. The predicted octanol–water partition coefficient (Wildman–Crippen LogP) is 1.39. The second-order valence-corrected chi connectivity index (χ2v) is 5.28. The molecular formula is C12H15FN2O. The fraction of sp³-hybridized carbons (Fsp3) is 0.583. The fourth-order valence-corrected chi connectivity index (χ4v) is 3.12. The van der Waals surface area contributed by atoms with E-state index in [0.29, 0.717) is 11.5 Å². The van der Waals surface area contributed by atoms with E-state index in [1.165, 1.54) is 12.3 Å².